The third kappa shape index (κ3) is 2.29. The van der Waals surface area contributed by atoms with Crippen molar-refractivity contribution in [2.75, 3.05) is 13.7 Å². The molecule has 0 amide bonds. The molecule has 0 bridgehead atoms. The van der Waals surface area contributed by atoms with Gasteiger partial charge in [-0.15, -0.1) is 0 Å². The van der Waals surface area contributed by atoms with Gasteiger partial charge in [-0.1, -0.05) is 20.8 Å². The SMILES string of the molecule is COC[C@]1(C(C)(C)C)CC[C@@H](O)CC1. The van der Waals surface area contributed by atoms with Crippen molar-refractivity contribution in [1.82, 2.24) is 0 Å². The highest BCUT2D eigenvalue weighted by Crippen LogP contribution is 2.49. The van der Waals surface area contributed by atoms with Crippen LogP contribution in [0.1, 0.15) is 46.5 Å². The maximum Gasteiger partial charge on any atom is 0.0540 e. The van der Waals surface area contributed by atoms with Crippen LogP contribution in [0.3, 0.4) is 0 Å². The first-order chi connectivity index (χ1) is 6.41. The van der Waals surface area contributed by atoms with Gasteiger partial charge in [-0.25, -0.2) is 0 Å². The molecule has 1 rings (SSSR count). The zero-order chi connectivity index (χ0) is 10.8. The summed E-state index contributed by atoms with van der Waals surface area (Å²) in [5, 5.41) is 9.53. The Hall–Kier alpha value is -0.0800. The quantitative estimate of drug-likeness (QED) is 0.742. The van der Waals surface area contributed by atoms with E-state index in [9.17, 15) is 5.11 Å². The molecule has 2 nitrogen and oxygen atoms in total. The van der Waals surface area contributed by atoms with Gasteiger partial charge in [-0.3, -0.25) is 0 Å². The molecule has 1 fully saturated rings. The topological polar surface area (TPSA) is 29.5 Å². The molecule has 1 saturated carbocycles. The van der Waals surface area contributed by atoms with E-state index in [4.69, 9.17) is 4.74 Å². The van der Waals surface area contributed by atoms with E-state index in [1.165, 1.54) is 0 Å². The Morgan fingerprint density at radius 1 is 1.29 bits per heavy atom. The van der Waals surface area contributed by atoms with E-state index >= 15 is 0 Å². The third-order valence-corrected chi connectivity index (χ3v) is 3.92. The van der Waals surface area contributed by atoms with Gasteiger partial charge in [0, 0.05) is 7.11 Å². The molecule has 0 aromatic heterocycles. The number of hydrogen-bond donors (Lipinski definition) is 1. The zero-order valence-corrected chi connectivity index (χ0v) is 9.97. The molecule has 2 heteroatoms. The smallest absolute Gasteiger partial charge is 0.0540 e. The molecule has 14 heavy (non-hydrogen) atoms. The fraction of sp³-hybridized carbons (Fsp3) is 1.00. The summed E-state index contributed by atoms with van der Waals surface area (Å²) in [6.07, 6.45) is 3.96. The Morgan fingerprint density at radius 3 is 2.14 bits per heavy atom. The van der Waals surface area contributed by atoms with Gasteiger partial charge >= 0.3 is 0 Å². The van der Waals surface area contributed by atoms with Gasteiger partial charge in [0.05, 0.1) is 12.7 Å². The van der Waals surface area contributed by atoms with Crippen LogP contribution in [0, 0.1) is 10.8 Å². The minimum absolute atomic E-state index is 0.0812. The molecule has 0 aromatic carbocycles. The highest BCUT2D eigenvalue weighted by molar-refractivity contribution is 4.94. The van der Waals surface area contributed by atoms with Crippen LogP contribution in [0.15, 0.2) is 0 Å². The summed E-state index contributed by atoms with van der Waals surface area (Å²) in [4.78, 5) is 0. The van der Waals surface area contributed by atoms with Crippen LogP contribution in [0.25, 0.3) is 0 Å². The van der Waals surface area contributed by atoms with Crippen molar-refractivity contribution >= 4 is 0 Å². The van der Waals surface area contributed by atoms with Crippen LogP contribution in [0.2, 0.25) is 0 Å². The molecule has 0 aliphatic heterocycles. The molecule has 84 valence electrons. The predicted octanol–water partition coefficient (Wildman–Crippen LogP) is 2.60. The molecular weight excluding hydrogens is 176 g/mol. The minimum Gasteiger partial charge on any atom is -0.393 e. The van der Waals surface area contributed by atoms with Crippen LogP contribution >= 0.6 is 0 Å². The van der Waals surface area contributed by atoms with Gasteiger partial charge < -0.3 is 9.84 Å². The first kappa shape index (κ1) is 12.0. The average molecular weight is 200 g/mol. The minimum atomic E-state index is -0.0812. The molecule has 0 heterocycles. The molecule has 0 aromatic rings. The van der Waals surface area contributed by atoms with Gasteiger partial charge in [0.2, 0.25) is 0 Å². The summed E-state index contributed by atoms with van der Waals surface area (Å²) >= 11 is 0. The number of methoxy groups -OCH3 is 1. The van der Waals surface area contributed by atoms with Gasteiger partial charge in [0.15, 0.2) is 0 Å². The van der Waals surface area contributed by atoms with Gasteiger partial charge in [-0.2, -0.15) is 0 Å². The normalized spacial score (nSPS) is 34.5. The maximum absolute atomic E-state index is 9.53. The van der Waals surface area contributed by atoms with E-state index < -0.39 is 0 Å². The largest absolute Gasteiger partial charge is 0.393 e. The molecular formula is C12H24O2. The van der Waals surface area contributed by atoms with Gasteiger partial charge in [0.1, 0.15) is 0 Å². The summed E-state index contributed by atoms with van der Waals surface area (Å²) in [7, 11) is 1.78. The molecule has 0 atom stereocenters. The highest BCUT2D eigenvalue weighted by Gasteiger charge is 2.43. The van der Waals surface area contributed by atoms with Crippen LogP contribution < -0.4 is 0 Å². The van der Waals surface area contributed by atoms with Crippen molar-refractivity contribution in [3.05, 3.63) is 0 Å². The number of hydrogen-bond acceptors (Lipinski definition) is 2. The molecule has 1 aliphatic rings. The third-order valence-electron chi connectivity index (χ3n) is 3.92. The second-order valence-electron chi connectivity index (χ2n) is 5.69. The van der Waals surface area contributed by atoms with E-state index in [0.29, 0.717) is 0 Å². The lowest BCUT2D eigenvalue weighted by atomic mass is 9.59. The summed E-state index contributed by atoms with van der Waals surface area (Å²) in [5.74, 6) is 0. The lowest BCUT2D eigenvalue weighted by Gasteiger charge is -2.48. The Kier molecular flexibility index (Phi) is 3.59. The number of rotatable bonds is 2. The Labute approximate surface area is 87.7 Å². The summed E-state index contributed by atoms with van der Waals surface area (Å²) < 4.78 is 5.36. The van der Waals surface area contributed by atoms with Crippen LogP contribution in [-0.2, 0) is 4.74 Å². The monoisotopic (exact) mass is 200 g/mol. The maximum atomic E-state index is 9.53. The van der Waals surface area contributed by atoms with Crippen molar-refractivity contribution in [2.45, 2.75) is 52.6 Å². The lowest BCUT2D eigenvalue weighted by molar-refractivity contribution is -0.0597. The highest BCUT2D eigenvalue weighted by atomic mass is 16.5. The first-order valence-electron chi connectivity index (χ1n) is 5.58. The second kappa shape index (κ2) is 4.19. The van der Waals surface area contributed by atoms with Crippen LogP contribution in [-0.4, -0.2) is 24.9 Å². The van der Waals surface area contributed by atoms with E-state index in [-0.39, 0.29) is 16.9 Å². The molecule has 0 saturated heterocycles. The fourth-order valence-electron chi connectivity index (χ4n) is 2.54. The number of aliphatic hydroxyl groups excluding tert-OH is 1. The molecule has 1 N–H and O–H groups in total. The predicted molar refractivity (Wildman–Crippen MR) is 58.2 cm³/mol. The standard InChI is InChI=1S/C12H24O2/c1-11(2,3)12(9-14-4)7-5-10(13)6-8-12/h10,13H,5-9H2,1-4H3/t10-,12+. The molecule has 0 unspecified atom stereocenters. The Balaban J connectivity index is 2.73. The van der Waals surface area contributed by atoms with Crippen molar-refractivity contribution in [1.29, 1.82) is 0 Å². The zero-order valence-electron chi connectivity index (χ0n) is 9.97. The number of ether oxygens (including phenoxy) is 1. The summed E-state index contributed by atoms with van der Waals surface area (Å²) in [6, 6.07) is 0. The lowest BCUT2D eigenvalue weighted by Crippen LogP contribution is -2.43. The van der Waals surface area contributed by atoms with Gasteiger partial charge in [-0.05, 0) is 36.5 Å². The summed E-state index contributed by atoms with van der Waals surface area (Å²) in [6.45, 7) is 7.67. The molecule has 0 spiro atoms. The number of aliphatic hydroxyl groups is 1. The van der Waals surface area contributed by atoms with Crippen molar-refractivity contribution < 1.29 is 9.84 Å². The molecule has 1 aliphatic carbocycles. The van der Waals surface area contributed by atoms with Crippen molar-refractivity contribution in [2.24, 2.45) is 10.8 Å². The van der Waals surface area contributed by atoms with Crippen molar-refractivity contribution in [3.63, 3.8) is 0 Å². The molecule has 0 radical (unpaired) electrons. The fourth-order valence-corrected chi connectivity index (χ4v) is 2.54. The van der Waals surface area contributed by atoms with E-state index in [1.807, 2.05) is 0 Å². The van der Waals surface area contributed by atoms with E-state index in [0.717, 1.165) is 32.3 Å². The van der Waals surface area contributed by atoms with Crippen molar-refractivity contribution in [3.8, 4) is 0 Å². The van der Waals surface area contributed by atoms with Crippen LogP contribution in [0.4, 0.5) is 0 Å². The van der Waals surface area contributed by atoms with E-state index in [2.05, 4.69) is 20.8 Å². The average Bonchev–Trinajstić information content (AvgIpc) is 2.07. The van der Waals surface area contributed by atoms with Gasteiger partial charge in [0.25, 0.3) is 0 Å². The van der Waals surface area contributed by atoms with Crippen LogP contribution in [0.5, 0.6) is 0 Å². The van der Waals surface area contributed by atoms with E-state index in [1.54, 1.807) is 7.11 Å². The first-order valence-corrected chi connectivity index (χ1v) is 5.58. The Morgan fingerprint density at radius 2 is 1.79 bits per heavy atom. The summed E-state index contributed by atoms with van der Waals surface area (Å²) in [5.41, 5.74) is 0.532. The Bertz CT molecular complexity index is 173. The second-order valence-corrected chi connectivity index (χ2v) is 5.69.